The van der Waals surface area contributed by atoms with Crippen LogP contribution in [0.15, 0.2) is 42.6 Å². The molecule has 0 aliphatic carbocycles. The Morgan fingerprint density at radius 2 is 2.05 bits per heavy atom. The number of carbonyl (C=O) groups is 1. The van der Waals surface area contributed by atoms with E-state index in [-0.39, 0.29) is 17.1 Å². The molecule has 0 radical (unpaired) electrons. The minimum absolute atomic E-state index is 0.124. The van der Waals surface area contributed by atoms with Gasteiger partial charge in [-0.3, -0.25) is 10.1 Å². The van der Waals surface area contributed by atoms with E-state index in [1.807, 2.05) is 25.1 Å². The van der Waals surface area contributed by atoms with E-state index in [1.54, 1.807) is 17.0 Å². The maximum Gasteiger partial charge on any atom is 0.337 e. The fourth-order valence-electron chi connectivity index (χ4n) is 1.97. The van der Waals surface area contributed by atoms with E-state index in [9.17, 15) is 14.9 Å². The number of para-hydroxylation sites is 1. The van der Waals surface area contributed by atoms with Crippen LogP contribution in [0.2, 0.25) is 0 Å². The Morgan fingerprint density at radius 1 is 1.38 bits per heavy atom. The molecule has 0 unspecified atom stereocenters. The summed E-state index contributed by atoms with van der Waals surface area (Å²) in [5, 5.41) is 20.1. The number of anilines is 2. The summed E-state index contributed by atoms with van der Waals surface area (Å²) < 4.78 is 0. The third kappa shape index (κ3) is 2.97. The number of benzene rings is 1. The van der Waals surface area contributed by atoms with Crippen molar-refractivity contribution in [2.45, 2.75) is 6.92 Å². The second-order valence-corrected chi connectivity index (χ2v) is 4.21. The van der Waals surface area contributed by atoms with Gasteiger partial charge < -0.3 is 10.0 Å². The molecule has 1 N–H and O–H groups in total. The monoisotopic (exact) mass is 287 g/mol. The van der Waals surface area contributed by atoms with Crippen LogP contribution in [-0.2, 0) is 0 Å². The molecule has 0 spiro atoms. The fourth-order valence-corrected chi connectivity index (χ4v) is 1.97. The van der Waals surface area contributed by atoms with Crippen LogP contribution >= 0.6 is 0 Å². The van der Waals surface area contributed by atoms with Crippen molar-refractivity contribution in [1.82, 2.24) is 4.98 Å². The van der Waals surface area contributed by atoms with E-state index in [1.165, 1.54) is 0 Å². The van der Waals surface area contributed by atoms with Gasteiger partial charge in [0.15, 0.2) is 0 Å². The first kappa shape index (κ1) is 14.4. The molecule has 1 aromatic heterocycles. The summed E-state index contributed by atoms with van der Waals surface area (Å²) in [5.74, 6) is -1.13. The number of rotatable bonds is 5. The summed E-state index contributed by atoms with van der Waals surface area (Å²) in [6, 6.07) is 10.1. The van der Waals surface area contributed by atoms with Crippen molar-refractivity contribution in [2.75, 3.05) is 11.4 Å². The Hall–Kier alpha value is -2.96. The lowest BCUT2D eigenvalue weighted by Crippen LogP contribution is -2.19. The van der Waals surface area contributed by atoms with Crippen molar-refractivity contribution in [3.05, 3.63) is 58.3 Å². The van der Waals surface area contributed by atoms with Crippen molar-refractivity contribution in [3.8, 4) is 0 Å². The molecule has 21 heavy (non-hydrogen) atoms. The quantitative estimate of drug-likeness (QED) is 0.671. The summed E-state index contributed by atoms with van der Waals surface area (Å²) >= 11 is 0. The molecule has 0 bridgehead atoms. The number of hydrogen-bond acceptors (Lipinski definition) is 5. The first-order valence-electron chi connectivity index (χ1n) is 6.25. The maximum absolute atomic E-state index is 11.2. The average molecular weight is 287 g/mol. The Kier molecular flexibility index (Phi) is 4.13. The van der Waals surface area contributed by atoms with E-state index >= 15 is 0 Å². The third-order valence-corrected chi connectivity index (χ3v) is 2.93. The number of nitro groups is 1. The SMILES string of the molecule is CCN(c1ccccc1)c1ncc(C(=O)O)cc1[N+](=O)[O-]. The zero-order chi connectivity index (χ0) is 15.4. The van der Waals surface area contributed by atoms with Crippen LogP contribution in [-0.4, -0.2) is 27.5 Å². The lowest BCUT2D eigenvalue weighted by atomic mass is 10.2. The van der Waals surface area contributed by atoms with Gasteiger partial charge in [0.05, 0.1) is 10.5 Å². The van der Waals surface area contributed by atoms with Crippen molar-refractivity contribution in [1.29, 1.82) is 0 Å². The van der Waals surface area contributed by atoms with Crippen molar-refractivity contribution >= 4 is 23.2 Å². The molecule has 0 amide bonds. The van der Waals surface area contributed by atoms with Gasteiger partial charge in [-0.25, -0.2) is 9.78 Å². The predicted octanol–water partition coefficient (Wildman–Crippen LogP) is 2.85. The first-order valence-corrected chi connectivity index (χ1v) is 6.25. The van der Waals surface area contributed by atoms with Gasteiger partial charge in [0.1, 0.15) is 0 Å². The summed E-state index contributed by atoms with van der Waals surface area (Å²) in [4.78, 5) is 27.1. The fraction of sp³-hybridized carbons (Fsp3) is 0.143. The molecule has 2 aromatic rings. The molecule has 7 heteroatoms. The van der Waals surface area contributed by atoms with Crippen LogP contribution in [0.1, 0.15) is 17.3 Å². The van der Waals surface area contributed by atoms with Gasteiger partial charge >= 0.3 is 11.7 Å². The van der Waals surface area contributed by atoms with E-state index in [0.29, 0.717) is 6.54 Å². The van der Waals surface area contributed by atoms with E-state index in [0.717, 1.165) is 18.0 Å². The number of pyridine rings is 1. The van der Waals surface area contributed by atoms with Crippen molar-refractivity contribution in [2.24, 2.45) is 0 Å². The normalized spacial score (nSPS) is 10.1. The topological polar surface area (TPSA) is 96.6 Å². The summed E-state index contributed by atoms with van der Waals surface area (Å²) in [7, 11) is 0. The van der Waals surface area contributed by atoms with Gasteiger partial charge in [0.2, 0.25) is 5.82 Å². The Labute approximate surface area is 120 Å². The smallest absolute Gasteiger partial charge is 0.337 e. The minimum Gasteiger partial charge on any atom is -0.478 e. The van der Waals surface area contributed by atoms with E-state index < -0.39 is 10.9 Å². The highest BCUT2D eigenvalue weighted by Crippen LogP contribution is 2.31. The highest BCUT2D eigenvalue weighted by atomic mass is 16.6. The standard InChI is InChI=1S/C14H13N3O4/c1-2-16(11-6-4-3-5-7-11)13-12(17(20)21)8-10(9-15-13)14(18)19/h3-9H,2H2,1H3,(H,18,19). The Bertz CT molecular complexity index is 673. The molecule has 1 heterocycles. The Morgan fingerprint density at radius 3 is 2.57 bits per heavy atom. The first-order chi connectivity index (χ1) is 10.0. The molecule has 0 saturated carbocycles. The van der Waals surface area contributed by atoms with Gasteiger partial charge in [0.25, 0.3) is 0 Å². The van der Waals surface area contributed by atoms with Gasteiger partial charge in [-0.05, 0) is 19.1 Å². The van der Waals surface area contributed by atoms with Crippen LogP contribution in [0, 0.1) is 10.1 Å². The number of nitrogens with zero attached hydrogens (tertiary/aromatic N) is 3. The molecule has 0 aliphatic rings. The molecule has 0 aliphatic heterocycles. The third-order valence-electron chi connectivity index (χ3n) is 2.93. The van der Waals surface area contributed by atoms with Crippen LogP contribution in [0.4, 0.5) is 17.2 Å². The van der Waals surface area contributed by atoms with E-state index in [4.69, 9.17) is 5.11 Å². The molecule has 0 fully saturated rings. The largest absolute Gasteiger partial charge is 0.478 e. The van der Waals surface area contributed by atoms with Crippen molar-refractivity contribution in [3.63, 3.8) is 0 Å². The molecule has 108 valence electrons. The second-order valence-electron chi connectivity index (χ2n) is 4.21. The highest BCUT2D eigenvalue weighted by molar-refractivity contribution is 5.89. The lowest BCUT2D eigenvalue weighted by Gasteiger charge is -2.21. The van der Waals surface area contributed by atoms with Gasteiger partial charge in [-0.1, -0.05) is 18.2 Å². The van der Waals surface area contributed by atoms with Gasteiger partial charge in [0, 0.05) is 24.5 Å². The molecular weight excluding hydrogens is 274 g/mol. The van der Waals surface area contributed by atoms with Crippen LogP contribution in [0.25, 0.3) is 0 Å². The van der Waals surface area contributed by atoms with E-state index in [2.05, 4.69) is 4.98 Å². The molecule has 7 nitrogen and oxygen atoms in total. The minimum atomic E-state index is -1.25. The number of aromatic nitrogens is 1. The molecular formula is C14H13N3O4. The maximum atomic E-state index is 11.2. The Balaban J connectivity index is 2.56. The summed E-state index contributed by atoms with van der Waals surface area (Å²) in [5.41, 5.74) is 0.203. The number of carboxylic acid groups (broad SMARTS) is 1. The highest BCUT2D eigenvalue weighted by Gasteiger charge is 2.23. The zero-order valence-electron chi connectivity index (χ0n) is 11.3. The van der Waals surface area contributed by atoms with Crippen LogP contribution < -0.4 is 4.90 Å². The number of aromatic carboxylic acids is 1. The number of hydrogen-bond donors (Lipinski definition) is 1. The summed E-state index contributed by atoms with van der Waals surface area (Å²) in [6.07, 6.45) is 1.12. The zero-order valence-corrected chi connectivity index (χ0v) is 11.3. The van der Waals surface area contributed by atoms with Gasteiger partial charge in [-0.15, -0.1) is 0 Å². The second kappa shape index (κ2) is 6.00. The van der Waals surface area contributed by atoms with Crippen LogP contribution in [0.3, 0.4) is 0 Å². The predicted molar refractivity (Wildman–Crippen MR) is 77.0 cm³/mol. The van der Waals surface area contributed by atoms with Gasteiger partial charge in [-0.2, -0.15) is 0 Å². The average Bonchev–Trinajstić information content (AvgIpc) is 2.49. The molecule has 1 aromatic carbocycles. The number of carboxylic acids is 1. The molecule has 2 rings (SSSR count). The van der Waals surface area contributed by atoms with Crippen molar-refractivity contribution < 1.29 is 14.8 Å². The lowest BCUT2D eigenvalue weighted by molar-refractivity contribution is -0.384. The van der Waals surface area contributed by atoms with Crippen LogP contribution in [0.5, 0.6) is 0 Å². The molecule has 0 saturated heterocycles. The molecule has 0 atom stereocenters. The summed E-state index contributed by atoms with van der Waals surface area (Å²) in [6.45, 7) is 2.30.